The standard InChI is InChI=1S/C25H27FIN3O3/c1-15(16-8-4-2-5-9-16)22(23(31)28-20-13-12-18(27)14-19(20)26)30-24(32)21(29-25(30)33)17-10-6-3-7-11-17/h2,4-5,8-9,12-15,17,21-22H,3,6-7,10-11H2,1H3,(H,28,31)(H,29,33)/t15-,21+,22-/m0/s1. The fourth-order valence-corrected chi connectivity index (χ4v) is 5.32. The zero-order valence-electron chi connectivity index (χ0n) is 18.4. The van der Waals surface area contributed by atoms with Crippen LogP contribution >= 0.6 is 22.6 Å². The van der Waals surface area contributed by atoms with Crippen molar-refractivity contribution in [3.63, 3.8) is 0 Å². The normalized spacial score (nSPS) is 20.9. The first-order valence-corrected chi connectivity index (χ1v) is 12.4. The molecule has 2 aromatic rings. The van der Waals surface area contributed by atoms with Gasteiger partial charge in [-0.1, -0.05) is 56.5 Å². The van der Waals surface area contributed by atoms with E-state index in [0.29, 0.717) is 3.57 Å². The van der Waals surface area contributed by atoms with Gasteiger partial charge in [-0.2, -0.15) is 0 Å². The van der Waals surface area contributed by atoms with Crippen molar-refractivity contribution in [1.82, 2.24) is 10.2 Å². The van der Waals surface area contributed by atoms with Crippen LogP contribution in [-0.4, -0.2) is 34.8 Å². The Bertz CT molecular complexity index is 1040. The molecule has 4 amide bonds. The zero-order valence-corrected chi connectivity index (χ0v) is 20.5. The minimum atomic E-state index is -1.12. The minimum absolute atomic E-state index is 0.0153. The molecule has 2 fully saturated rings. The quantitative estimate of drug-likeness (QED) is 0.382. The molecule has 0 bridgehead atoms. The van der Waals surface area contributed by atoms with Crippen LogP contribution in [-0.2, 0) is 9.59 Å². The SMILES string of the molecule is C[C@@H](c1ccccc1)[C@@H](C(=O)Nc1ccc(I)cc1F)N1C(=O)N[C@H](C2CCCCC2)C1=O. The average molecular weight is 563 g/mol. The van der Waals surface area contributed by atoms with Crippen LogP contribution in [0.5, 0.6) is 0 Å². The zero-order chi connectivity index (χ0) is 23.5. The summed E-state index contributed by atoms with van der Waals surface area (Å²) in [4.78, 5) is 41.0. The van der Waals surface area contributed by atoms with Gasteiger partial charge in [0, 0.05) is 9.49 Å². The molecular formula is C25H27FIN3O3. The molecule has 1 saturated carbocycles. The topological polar surface area (TPSA) is 78.5 Å². The third kappa shape index (κ3) is 5.05. The molecule has 1 saturated heterocycles. The third-order valence-corrected chi connectivity index (χ3v) is 7.33. The Hall–Kier alpha value is -2.49. The molecule has 6 nitrogen and oxygen atoms in total. The lowest BCUT2D eigenvalue weighted by atomic mass is 9.83. The van der Waals surface area contributed by atoms with E-state index < -0.39 is 35.8 Å². The van der Waals surface area contributed by atoms with Crippen molar-refractivity contribution in [3.05, 3.63) is 63.5 Å². The molecule has 0 spiro atoms. The minimum Gasteiger partial charge on any atom is -0.325 e. The number of rotatable bonds is 6. The number of nitrogens with one attached hydrogen (secondary N) is 2. The van der Waals surface area contributed by atoms with Crippen LogP contribution in [0.4, 0.5) is 14.9 Å². The van der Waals surface area contributed by atoms with Gasteiger partial charge in [0.05, 0.1) is 5.69 Å². The van der Waals surface area contributed by atoms with E-state index in [1.807, 2.05) is 52.9 Å². The molecule has 2 aliphatic rings. The van der Waals surface area contributed by atoms with Crippen LogP contribution in [0.25, 0.3) is 0 Å². The number of carbonyl (C=O) groups excluding carboxylic acids is 3. The molecule has 4 rings (SSSR count). The van der Waals surface area contributed by atoms with E-state index in [1.54, 1.807) is 13.0 Å². The van der Waals surface area contributed by atoms with E-state index in [2.05, 4.69) is 10.6 Å². The summed E-state index contributed by atoms with van der Waals surface area (Å²) in [6, 6.07) is 11.4. The maximum absolute atomic E-state index is 14.5. The number of amides is 4. The molecule has 3 atom stereocenters. The van der Waals surface area contributed by atoms with Gasteiger partial charge in [-0.15, -0.1) is 0 Å². The van der Waals surface area contributed by atoms with Crippen LogP contribution in [0.3, 0.4) is 0 Å². The van der Waals surface area contributed by atoms with Crippen molar-refractivity contribution >= 4 is 46.1 Å². The molecule has 1 heterocycles. The van der Waals surface area contributed by atoms with E-state index >= 15 is 0 Å². The summed E-state index contributed by atoms with van der Waals surface area (Å²) in [5.41, 5.74) is 0.823. The predicted octanol–water partition coefficient (Wildman–Crippen LogP) is 5.04. The number of nitrogens with zero attached hydrogens (tertiary/aromatic N) is 1. The first-order valence-electron chi connectivity index (χ1n) is 11.3. The lowest BCUT2D eigenvalue weighted by Crippen LogP contribution is -2.51. The molecular weight excluding hydrogens is 536 g/mol. The van der Waals surface area contributed by atoms with Crippen molar-refractivity contribution in [3.8, 4) is 0 Å². The van der Waals surface area contributed by atoms with Gasteiger partial charge in [0.2, 0.25) is 5.91 Å². The number of hydrogen-bond acceptors (Lipinski definition) is 3. The molecule has 174 valence electrons. The summed E-state index contributed by atoms with van der Waals surface area (Å²) in [6.45, 7) is 1.80. The van der Waals surface area contributed by atoms with Gasteiger partial charge in [-0.05, 0) is 65.1 Å². The highest BCUT2D eigenvalue weighted by atomic mass is 127. The molecule has 0 aromatic heterocycles. The number of halogens is 2. The number of urea groups is 1. The van der Waals surface area contributed by atoms with Gasteiger partial charge in [0.15, 0.2) is 0 Å². The molecule has 1 aliphatic heterocycles. The van der Waals surface area contributed by atoms with Crippen LogP contribution in [0.2, 0.25) is 0 Å². The molecule has 2 N–H and O–H groups in total. The molecule has 33 heavy (non-hydrogen) atoms. The van der Waals surface area contributed by atoms with Crippen LogP contribution in [0.1, 0.15) is 50.5 Å². The lowest BCUT2D eigenvalue weighted by molar-refractivity contribution is -0.135. The Balaban J connectivity index is 1.65. The van der Waals surface area contributed by atoms with E-state index in [9.17, 15) is 18.8 Å². The average Bonchev–Trinajstić information content (AvgIpc) is 3.11. The molecule has 0 radical (unpaired) electrons. The second-order valence-electron chi connectivity index (χ2n) is 8.79. The smallest absolute Gasteiger partial charge is 0.325 e. The van der Waals surface area contributed by atoms with Crippen molar-refractivity contribution < 1.29 is 18.8 Å². The van der Waals surface area contributed by atoms with Crippen molar-refractivity contribution in [2.45, 2.75) is 57.0 Å². The van der Waals surface area contributed by atoms with Crippen molar-refractivity contribution in [1.29, 1.82) is 0 Å². The van der Waals surface area contributed by atoms with Crippen molar-refractivity contribution in [2.75, 3.05) is 5.32 Å². The Labute approximate surface area is 206 Å². The summed E-state index contributed by atoms with van der Waals surface area (Å²) in [7, 11) is 0. The van der Waals surface area contributed by atoms with E-state index in [0.717, 1.165) is 42.6 Å². The molecule has 1 aliphatic carbocycles. The highest BCUT2D eigenvalue weighted by molar-refractivity contribution is 14.1. The summed E-state index contributed by atoms with van der Waals surface area (Å²) in [5.74, 6) is -1.96. The largest absolute Gasteiger partial charge is 0.325 e. The summed E-state index contributed by atoms with van der Waals surface area (Å²) < 4.78 is 15.2. The van der Waals surface area contributed by atoms with Gasteiger partial charge in [-0.3, -0.25) is 9.59 Å². The third-order valence-electron chi connectivity index (χ3n) is 6.66. The van der Waals surface area contributed by atoms with Gasteiger partial charge in [-0.25, -0.2) is 14.1 Å². The second-order valence-corrected chi connectivity index (χ2v) is 10.0. The first-order chi connectivity index (χ1) is 15.9. The first kappa shape index (κ1) is 23.7. The maximum Gasteiger partial charge on any atom is 0.325 e. The lowest BCUT2D eigenvalue weighted by Gasteiger charge is -2.31. The molecule has 0 unspecified atom stereocenters. The predicted molar refractivity (Wildman–Crippen MR) is 132 cm³/mol. The van der Waals surface area contributed by atoms with Crippen LogP contribution in [0.15, 0.2) is 48.5 Å². The maximum atomic E-state index is 14.5. The number of anilines is 1. The molecule has 8 heteroatoms. The number of carbonyl (C=O) groups is 3. The fraction of sp³-hybridized carbons (Fsp3) is 0.400. The Morgan fingerprint density at radius 3 is 2.48 bits per heavy atom. The molecule has 2 aromatic carbocycles. The summed E-state index contributed by atoms with van der Waals surface area (Å²) in [5, 5.41) is 5.44. The monoisotopic (exact) mass is 563 g/mol. The van der Waals surface area contributed by atoms with E-state index in [1.165, 1.54) is 12.1 Å². The summed E-state index contributed by atoms with van der Waals surface area (Å²) in [6.07, 6.45) is 4.95. The number of benzene rings is 2. The number of hydrogen-bond donors (Lipinski definition) is 2. The Morgan fingerprint density at radius 2 is 1.82 bits per heavy atom. The second kappa shape index (κ2) is 10.2. The van der Waals surface area contributed by atoms with E-state index in [-0.39, 0.29) is 17.5 Å². The van der Waals surface area contributed by atoms with Gasteiger partial charge >= 0.3 is 6.03 Å². The van der Waals surface area contributed by atoms with Crippen LogP contribution < -0.4 is 10.6 Å². The van der Waals surface area contributed by atoms with Crippen LogP contribution in [0, 0.1) is 15.3 Å². The van der Waals surface area contributed by atoms with Crippen molar-refractivity contribution in [2.24, 2.45) is 5.92 Å². The Morgan fingerprint density at radius 1 is 1.12 bits per heavy atom. The highest BCUT2D eigenvalue weighted by Crippen LogP contribution is 2.33. The Kier molecular flexibility index (Phi) is 7.31. The number of imide groups is 1. The summed E-state index contributed by atoms with van der Waals surface area (Å²) >= 11 is 1.99. The highest BCUT2D eigenvalue weighted by Gasteiger charge is 2.49. The van der Waals surface area contributed by atoms with Gasteiger partial charge in [0.1, 0.15) is 17.9 Å². The fourth-order valence-electron chi connectivity index (χ4n) is 4.87. The van der Waals surface area contributed by atoms with Gasteiger partial charge in [0.25, 0.3) is 5.91 Å². The van der Waals surface area contributed by atoms with Gasteiger partial charge < -0.3 is 10.6 Å². The van der Waals surface area contributed by atoms with E-state index in [4.69, 9.17) is 0 Å².